The number of nitrogens with two attached hydrogens (primary N) is 1. The van der Waals surface area contributed by atoms with Crippen molar-refractivity contribution in [1.82, 2.24) is 0 Å². The average Bonchev–Trinajstić information content (AvgIpc) is 2.28. The average molecular weight is 239 g/mol. The molecule has 0 fully saturated rings. The van der Waals surface area contributed by atoms with E-state index in [0.717, 1.165) is 6.42 Å². The number of rotatable bonds is 5. The minimum Gasteiger partial charge on any atom is -0.392 e. The standard InChI is InChI=1S/C13H21NOS/c1-9(8-13(15)10(2)14)11-4-6-12(16-3)7-5-11/h4-7,9-10,13,15H,8,14H2,1-3H3. The van der Waals surface area contributed by atoms with Crippen LogP contribution in [0, 0.1) is 0 Å². The predicted molar refractivity (Wildman–Crippen MR) is 70.9 cm³/mol. The van der Waals surface area contributed by atoms with Gasteiger partial charge >= 0.3 is 0 Å². The van der Waals surface area contributed by atoms with E-state index < -0.39 is 6.10 Å². The van der Waals surface area contributed by atoms with Crippen molar-refractivity contribution in [2.75, 3.05) is 6.26 Å². The second-order valence-electron chi connectivity index (χ2n) is 4.34. The van der Waals surface area contributed by atoms with E-state index in [2.05, 4.69) is 37.4 Å². The van der Waals surface area contributed by atoms with E-state index in [1.54, 1.807) is 11.8 Å². The summed E-state index contributed by atoms with van der Waals surface area (Å²) in [7, 11) is 0. The zero-order valence-electron chi connectivity index (χ0n) is 10.2. The molecule has 16 heavy (non-hydrogen) atoms. The van der Waals surface area contributed by atoms with Gasteiger partial charge in [-0.25, -0.2) is 0 Å². The summed E-state index contributed by atoms with van der Waals surface area (Å²) < 4.78 is 0. The van der Waals surface area contributed by atoms with Crippen LogP contribution >= 0.6 is 11.8 Å². The Hall–Kier alpha value is -0.510. The van der Waals surface area contributed by atoms with Gasteiger partial charge in [0.25, 0.3) is 0 Å². The first-order chi connectivity index (χ1) is 7.54. The third-order valence-corrected chi connectivity index (χ3v) is 3.63. The van der Waals surface area contributed by atoms with Gasteiger partial charge in [-0.2, -0.15) is 0 Å². The molecule has 3 atom stereocenters. The Kier molecular flexibility index (Phi) is 5.32. The molecule has 0 aliphatic carbocycles. The van der Waals surface area contributed by atoms with Gasteiger partial charge in [-0.05, 0) is 43.2 Å². The maximum absolute atomic E-state index is 9.73. The van der Waals surface area contributed by atoms with Crippen LogP contribution in [0.15, 0.2) is 29.2 Å². The molecule has 0 saturated heterocycles. The third-order valence-electron chi connectivity index (χ3n) is 2.89. The number of aliphatic hydroxyl groups is 1. The van der Waals surface area contributed by atoms with E-state index in [0.29, 0.717) is 5.92 Å². The van der Waals surface area contributed by atoms with Crippen LogP contribution in [0.4, 0.5) is 0 Å². The number of aliphatic hydroxyl groups excluding tert-OH is 1. The Morgan fingerprint density at radius 2 is 1.81 bits per heavy atom. The van der Waals surface area contributed by atoms with E-state index in [1.807, 2.05) is 6.92 Å². The summed E-state index contributed by atoms with van der Waals surface area (Å²) in [6, 6.07) is 8.34. The van der Waals surface area contributed by atoms with E-state index in [9.17, 15) is 5.11 Å². The van der Waals surface area contributed by atoms with E-state index in [1.165, 1.54) is 10.5 Å². The summed E-state index contributed by atoms with van der Waals surface area (Å²) in [5.74, 6) is 0.344. The summed E-state index contributed by atoms with van der Waals surface area (Å²) in [5.41, 5.74) is 6.92. The Morgan fingerprint density at radius 3 is 2.25 bits per heavy atom. The van der Waals surface area contributed by atoms with Crippen molar-refractivity contribution < 1.29 is 5.11 Å². The van der Waals surface area contributed by atoms with Crippen molar-refractivity contribution >= 4 is 11.8 Å². The molecule has 0 amide bonds. The summed E-state index contributed by atoms with van der Waals surface area (Å²) in [4.78, 5) is 1.27. The fourth-order valence-corrected chi connectivity index (χ4v) is 2.05. The number of benzene rings is 1. The highest BCUT2D eigenvalue weighted by atomic mass is 32.2. The fraction of sp³-hybridized carbons (Fsp3) is 0.538. The second kappa shape index (κ2) is 6.28. The highest BCUT2D eigenvalue weighted by Crippen LogP contribution is 2.24. The minimum absolute atomic E-state index is 0.159. The molecule has 0 saturated carbocycles. The van der Waals surface area contributed by atoms with Gasteiger partial charge in [-0.3, -0.25) is 0 Å². The summed E-state index contributed by atoms with van der Waals surface area (Å²) in [5, 5.41) is 9.73. The van der Waals surface area contributed by atoms with E-state index in [4.69, 9.17) is 5.73 Å². The zero-order valence-corrected chi connectivity index (χ0v) is 11.0. The van der Waals surface area contributed by atoms with Crippen LogP contribution in [-0.2, 0) is 0 Å². The molecule has 1 aromatic rings. The molecule has 2 nitrogen and oxygen atoms in total. The normalized spacial score (nSPS) is 16.8. The molecule has 3 heteroatoms. The number of hydrogen-bond acceptors (Lipinski definition) is 3. The molecule has 0 aliphatic rings. The number of hydrogen-bond donors (Lipinski definition) is 2. The first kappa shape index (κ1) is 13.6. The lowest BCUT2D eigenvalue weighted by Gasteiger charge is -2.19. The predicted octanol–water partition coefficient (Wildman–Crippen LogP) is 2.61. The molecule has 1 rings (SSSR count). The summed E-state index contributed by atoms with van der Waals surface area (Å²) >= 11 is 1.74. The molecule has 0 heterocycles. The highest BCUT2D eigenvalue weighted by Gasteiger charge is 2.15. The Balaban J connectivity index is 2.62. The van der Waals surface area contributed by atoms with Crippen molar-refractivity contribution in [3.8, 4) is 0 Å². The number of thioether (sulfide) groups is 1. The molecule has 90 valence electrons. The van der Waals surface area contributed by atoms with Crippen molar-refractivity contribution in [2.24, 2.45) is 5.73 Å². The highest BCUT2D eigenvalue weighted by molar-refractivity contribution is 7.98. The van der Waals surface area contributed by atoms with Crippen molar-refractivity contribution in [3.05, 3.63) is 29.8 Å². The molecule has 3 unspecified atom stereocenters. The molecular weight excluding hydrogens is 218 g/mol. The summed E-state index contributed by atoms with van der Waals surface area (Å²) in [6.45, 7) is 3.97. The second-order valence-corrected chi connectivity index (χ2v) is 5.22. The fourth-order valence-electron chi connectivity index (χ4n) is 1.65. The largest absolute Gasteiger partial charge is 0.392 e. The molecule has 0 aliphatic heterocycles. The van der Waals surface area contributed by atoms with Gasteiger partial charge in [0, 0.05) is 10.9 Å². The van der Waals surface area contributed by atoms with Gasteiger partial charge in [0.2, 0.25) is 0 Å². The van der Waals surface area contributed by atoms with Gasteiger partial charge in [0.15, 0.2) is 0 Å². The smallest absolute Gasteiger partial charge is 0.0694 e. The SMILES string of the molecule is CSc1ccc(C(C)CC(O)C(C)N)cc1. The van der Waals surface area contributed by atoms with Crippen LogP contribution in [-0.4, -0.2) is 23.5 Å². The maximum Gasteiger partial charge on any atom is 0.0694 e. The lowest BCUT2D eigenvalue weighted by Crippen LogP contribution is -2.32. The van der Waals surface area contributed by atoms with Crippen LogP contribution < -0.4 is 5.73 Å². The van der Waals surface area contributed by atoms with Gasteiger partial charge in [0.05, 0.1) is 6.10 Å². The molecule has 0 radical (unpaired) electrons. The molecule has 0 bridgehead atoms. The molecule has 0 aromatic heterocycles. The molecular formula is C13H21NOS. The van der Waals surface area contributed by atoms with Crippen LogP contribution in [0.1, 0.15) is 31.7 Å². The van der Waals surface area contributed by atoms with Gasteiger partial charge in [0.1, 0.15) is 0 Å². The van der Waals surface area contributed by atoms with Crippen LogP contribution in [0.5, 0.6) is 0 Å². The monoisotopic (exact) mass is 239 g/mol. The van der Waals surface area contributed by atoms with Crippen molar-refractivity contribution in [1.29, 1.82) is 0 Å². The van der Waals surface area contributed by atoms with Crippen LogP contribution in [0.3, 0.4) is 0 Å². The quantitative estimate of drug-likeness (QED) is 0.776. The first-order valence-corrected chi connectivity index (χ1v) is 6.84. The van der Waals surface area contributed by atoms with Gasteiger partial charge in [-0.15, -0.1) is 11.8 Å². The van der Waals surface area contributed by atoms with Crippen molar-refractivity contribution in [2.45, 2.75) is 43.2 Å². The Bertz CT molecular complexity index is 310. The lowest BCUT2D eigenvalue weighted by atomic mass is 9.93. The van der Waals surface area contributed by atoms with Crippen LogP contribution in [0.2, 0.25) is 0 Å². The Labute approximate surface area is 102 Å². The van der Waals surface area contributed by atoms with Crippen molar-refractivity contribution in [3.63, 3.8) is 0 Å². The molecule has 1 aromatic carbocycles. The Morgan fingerprint density at radius 1 is 1.25 bits per heavy atom. The lowest BCUT2D eigenvalue weighted by molar-refractivity contribution is 0.134. The van der Waals surface area contributed by atoms with Gasteiger partial charge < -0.3 is 10.8 Å². The maximum atomic E-state index is 9.73. The van der Waals surface area contributed by atoms with Gasteiger partial charge in [-0.1, -0.05) is 19.1 Å². The first-order valence-electron chi connectivity index (χ1n) is 5.62. The topological polar surface area (TPSA) is 46.2 Å². The summed E-state index contributed by atoms with van der Waals surface area (Å²) in [6.07, 6.45) is 2.37. The minimum atomic E-state index is -0.421. The molecule has 0 spiro atoms. The zero-order chi connectivity index (χ0) is 12.1. The van der Waals surface area contributed by atoms with Crippen LogP contribution in [0.25, 0.3) is 0 Å². The molecule has 3 N–H and O–H groups in total. The third kappa shape index (κ3) is 3.81. The van der Waals surface area contributed by atoms with E-state index in [-0.39, 0.29) is 6.04 Å². The van der Waals surface area contributed by atoms with E-state index >= 15 is 0 Å².